The van der Waals surface area contributed by atoms with E-state index in [4.69, 9.17) is 4.74 Å². The minimum Gasteiger partial charge on any atom is -0.503 e. The molecule has 1 aromatic rings. The van der Waals surface area contributed by atoms with Gasteiger partial charge in [-0.15, -0.1) is 11.8 Å². The van der Waals surface area contributed by atoms with Crippen LogP contribution in [0.1, 0.15) is 46.7 Å². The maximum Gasteiger partial charge on any atom is 0.185 e. The van der Waals surface area contributed by atoms with E-state index in [0.29, 0.717) is 11.4 Å². The number of thioether (sulfide) groups is 1. The van der Waals surface area contributed by atoms with E-state index in [1.165, 1.54) is 11.8 Å². The molecule has 1 aromatic heterocycles. The van der Waals surface area contributed by atoms with Crippen LogP contribution in [0.4, 0.5) is 0 Å². The van der Waals surface area contributed by atoms with Gasteiger partial charge in [-0.3, -0.25) is 4.98 Å². The molecule has 0 amide bonds. The van der Waals surface area contributed by atoms with Gasteiger partial charge in [-0.05, 0) is 31.9 Å². The van der Waals surface area contributed by atoms with Gasteiger partial charge in [-0.25, -0.2) is 0 Å². The molecule has 112 valence electrons. The molecule has 4 heteroatoms. The zero-order chi connectivity index (χ0) is 15.6. The van der Waals surface area contributed by atoms with Crippen molar-refractivity contribution >= 4 is 16.7 Å². The zero-order valence-corrected chi connectivity index (χ0v) is 14.1. The average Bonchev–Trinajstić information content (AvgIpc) is 2.27. The van der Waals surface area contributed by atoms with E-state index in [-0.39, 0.29) is 16.8 Å². The van der Waals surface area contributed by atoms with E-state index < -0.39 is 0 Å². The predicted octanol–water partition coefficient (Wildman–Crippen LogP) is 4.71. The Bertz CT molecular complexity index is 490. The minimum atomic E-state index is -0.366. The van der Waals surface area contributed by atoms with E-state index in [9.17, 15) is 5.11 Å². The third kappa shape index (κ3) is 4.75. The Hall–Kier alpha value is -1.16. The van der Waals surface area contributed by atoms with Crippen molar-refractivity contribution < 1.29 is 9.84 Å². The molecule has 1 N–H and O–H groups in total. The van der Waals surface area contributed by atoms with Crippen molar-refractivity contribution in [1.29, 1.82) is 0 Å². The highest BCUT2D eigenvalue weighted by Gasteiger charge is 2.28. The highest BCUT2D eigenvalue weighted by molar-refractivity contribution is 8.07. The van der Waals surface area contributed by atoms with Gasteiger partial charge in [0.25, 0.3) is 0 Å². The molecular formula is C16H25NO2S. The van der Waals surface area contributed by atoms with Crippen LogP contribution in [0.2, 0.25) is 0 Å². The first-order valence-corrected chi connectivity index (χ1v) is 7.88. The minimum absolute atomic E-state index is 0.0637. The van der Waals surface area contributed by atoms with Gasteiger partial charge in [-0.1, -0.05) is 27.4 Å². The van der Waals surface area contributed by atoms with Crippen LogP contribution in [0.15, 0.2) is 18.8 Å². The van der Waals surface area contributed by atoms with Crippen LogP contribution in [-0.4, -0.2) is 21.9 Å². The molecule has 0 saturated carbocycles. The van der Waals surface area contributed by atoms with Crippen molar-refractivity contribution in [2.45, 2.75) is 46.6 Å². The molecule has 1 rings (SSSR count). The van der Waals surface area contributed by atoms with Crippen LogP contribution in [-0.2, 0) is 0 Å². The van der Waals surface area contributed by atoms with Gasteiger partial charge in [0.2, 0.25) is 0 Å². The fourth-order valence-corrected chi connectivity index (χ4v) is 2.77. The SMILES string of the molecule is C=C(SC)c1nccc(OC(C)(C)CC(C)(C)C)c1O. The molecule has 0 radical (unpaired) electrons. The van der Waals surface area contributed by atoms with Crippen LogP contribution in [0.25, 0.3) is 4.91 Å². The summed E-state index contributed by atoms with van der Waals surface area (Å²) in [6, 6.07) is 1.69. The molecule has 0 saturated heterocycles. The summed E-state index contributed by atoms with van der Waals surface area (Å²) >= 11 is 1.46. The molecule has 0 aromatic carbocycles. The number of hydrogen-bond acceptors (Lipinski definition) is 4. The largest absolute Gasteiger partial charge is 0.503 e. The highest BCUT2D eigenvalue weighted by atomic mass is 32.2. The molecule has 0 bridgehead atoms. The number of pyridine rings is 1. The Kier molecular flexibility index (Phi) is 5.14. The van der Waals surface area contributed by atoms with E-state index in [1.54, 1.807) is 12.3 Å². The smallest absolute Gasteiger partial charge is 0.185 e. The van der Waals surface area contributed by atoms with Crippen LogP contribution in [0.3, 0.4) is 0 Å². The highest BCUT2D eigenvalue weighted by Crippen LogP contribution is 2.39. The van der Waals surface area contributed by atoms with Gasteiger partial charge in [0.15, 0.2) is 11.5 Å². The molecule has 1 heterocycles. The number of nitrogens with zero attached hydrogens (tertiary/aromatic N) is 1. The molecule has 0 unspecified atom stereocenters. The lowest BCUT2D eigenvalue weighted by molar-refractivity contribution is 0.0592. The lowest BCUT2D eigenvalue weighted by atomic mass is 9.83. The van der Waals surface area contributed by atoms with E-state index in [1.807, 2.05) is 20.1 Å². The third-order valence-corrected chi connectivity index (χ3v) is 3.43. The van der Waals surface area contributed by atoms with Crippen molar-refractivity contribution in [3.8, 4) is 11.5 Å². The summed E-state index contributed by atoms with van der Waals surface area (Å²) in [5.41, 5.74) is 0.272. The number of ether oxygens (including phenoxy) is 1. The molecule has 0 atom stereocenters. The van der Waals surface area contributed by atoms with Gasteiger partial charge in [0.1, 0.15) is 11.3 Å². The summed E-state index contributed by atoms with van der Waals surface area (Å²) in [7, 11) is 0. The van der Waals surface area contributed by atoms with Gasteiger partial charge in [0.05, 0.1) is 0 Å². The monoisotopic (exact) mass is 295 g/mol. The third-order valence-electron chi connectivity index (χ3n) is 2.74. The summed E-state index contributed by atoms with van der Waals surface area (Å²) in [6.07, 6.45) is 4.42. The Morgan fingerprint density at radius 2 is 1.95 bits per heavy atom. The van der Waals surface area contributed by atoms with Gasteiger partial charge >= 0.3 is 0 Å². The predicted molar refractivity (Wildman–Crippen MR) is 87.2 cm³/mol. The van der Waals surface area contributed by atoms with Gasteiger partial charge in [-0.2, -0.15) is 0 Å². The standard InChI is InChI=1S/C16H25NO2S/c1-11(20-7)13-14(18)12(8-9-17-13)19-16(5,6)10-15(2,3)4/h8-9,18H,1,10H2,2-7H3. The first-order chi connectivity index (χ1) is 9.06. The van der Waals surface area contributed by atoms with Gasteiger partial charge < -0.3 is 9.84 Å². The second kappa shape index (κ2) is 6.08. The van der Waals surface area contributed by atoms with Crippen molar-refractivity contribution in [1.82, 2.24) is 4.98 Å². The fraction of sp³-hybridized carbons (Fsp3) is 0.562. The van der Waals surface area contributed by atoms with E-state index in [0.717, 1.165) is 11.3 Å². The first kappa shape index (κ1) is 16.9. The van der Waals surface area contributed by atoms with Crippen LogP contribution in [0.5, 0.6) is 11.5 Å². The van der Waals surface area contributed by atoms with Crippen molar-refractivity contribution in [2.75, 3.05) is 6.26 Å². The molecule has 0 aliphatic rings. The summed E-state index contributed by atoms with van der Waals surface area (Å²) in [6.45, 7) is 14.5. The maximum absolute atomic E-state index is 10.3. The molecule has 0 spiro atoms. The topological polar surface area (TPSA) is 42.4 Å². The number of aromatic hydroxyl groups is 1. The zero-order valence-electron chi connectivity index (χ0n) is 13.3. The Morgan fingerprint density at radius 1 is 1.35 bits per heavy atom. The summed E-state index contributed by atoms with van der Waals surface area (Å²) < 4.78 is 6.00. The number of rotatable bonds is 5. The van der Waals surface area contributed by atoms with Crippen LogP contribution in [0, 0.1) is 5.41 Å². The Morgan fingerprint density at radius 3 is 2.45 bits per heavy atom. The first-order valence-electron chi connectivity index (χ1n) is 6.66. The van der Waals surface area contributed by atoms with E-state index in [2.05, 4.69) is 32.3 Å². The summed E-state index contributed by atoms with van der Waals surface area (Å²) in [4.78, 5) is 4.89. The maximum atomic E-state index is 10.3. The fourth-order valence-electron chi connectivity index (χ4n) is 2.43. The van der Waals surface area contributed by atoms with Gasteiger partial charge in [0, 0.05) is 17.2 Å². The Labute approximate surface area is 126 Å². The quantitative estimate of drug-likeness (QED) is 0.854. The molecule has 0 fully saturated rings. The van der Waals surface area contributed by atoms with Crippen molar-refractivity contribution in [2.24, 2.45) is 5.41 Å². The average molecular weight is 295 g/mol. The molecule has 0 aliphatic carbocycles. The number of aromatic nitrogens is 1. The van der Waals surface area contributed by atoms with E-state index >= 15 is 0 Å². The second-order valence-electron chi connectivity index (χ2n) is 6.73. The van der Waals surface area contributed by atoms with Crippen LogP contribution >= 0.6 is 11.8 Å². The lowest BCUT2D eigenvalue weighted by Crippen LogP contribution is -2.33. The summed E-state index contributed by atoms with van der Waals surface area (Å²) in [5, 5.41) is 10.3. The lowest BCUT2D eigenvalue weighted by Gasteiger charge is -2.33. The van der Waals surface area contributed by atoms with Crippen molar-refractivity contribution in [3.05, 3.63) is 24.5 Å². The molecular weight excluding hydrogens is 270 g/mol. The second-order valence-corrected chi connectivity index (χ2v) is 7.63. The number of hydrogen-bond donors (Lipinski definition) is 1. The van der Waals surface area contributed by atoms with Crippen LogP contribution < -0.4 is 4.74 Å². The molecule has 20 heavy (non-hydrogen) atoms. The summed E-state index contributed by atoms with van der Waals surface area (Å²) in [5.74, 6) is 0.522. The Balaban J connectivity index is 3.01. The molecule has 3 nitrogen and oxygen atoms in total. The molecule has 0 aliphatic heterocycles. The normalized spacial score (nSPS) is 12.3. The van der Waals surface area contributed by atoms with Crippen molar-refractivity contribution in [3.63, 3.8) is 0 Å².